The fourth-order valence-electron chi connectivity index (χ4n) is 3.34. The van der Waals surface area contributed by atoms with E-state index >= 15 is 0 Å². The number of thiocarbonyl (C=S) groups is 1. The topological polar surface area (TPSA) is 33.1 Å². The molecule has 2 atom stereocenters. The standard InChI is InChI=1S/C20H28N4S/c1-5-6-12-24-18(15-10-13-23(14-15)20(2,3)4)17(22-19(24)25)16-9-7-8-11-21-16/h7-11,13-14,17-18H,5-6,12H2,1-4H3,(H,22,25). The Bertz CT molecular complexity index is 717. The number of nitrogens with one attached hydrogen (secondary N) is 1. The number of aromatic nitrogens is 2. The number of unbranched alkanes of at least 4 members (excludes halogenated alkanes) is 1. The van der Waals surface area contributed by atoms with Crippen LogP contribution in [0.15, 0.2) is 42.9 Å². The van der Waals surface area contributed by atoms with Gasteiger partial charge in [0.1, 0.15) is 0 Å². The molecule has 0 radical (unpaired) electrons. The predicted molar refractivity (Wildman–Crippen MR) is 106 cm³/mol. The molecule has 2 aromatic heterocycles. The first kappa shape index (κ1) is 17.9. The van der Waals surface area contributed by atoms with Gasteiger partial charge in [0.15, 0.2) is 5.11 Å². The van der Waals surface area contributed by atoms with Crippen LogP contribution in [0.4, 0.5) is 0 Å². The van der Waals surface area contributed by atoms with Crippen LogP contribution in [0.25, 0.3) is 0 Å². The highest BCUT2D eigenvalue weighted by Gasteiger charge is 2.39. The Morgan fingerprint density at radius 3 is 2.64 bits per heavy atom. The third kappa shape index (κ3) is 3.71. The van der Waals surface area contributed by atoms with Gasteiger partial charge in [-0.15, -0.1) is 0 Å². The Morgan fingerprint density at radius 1 is 1.24 bits per heavy atom. The molecule has 0 amide bonds. The largest absolute Gasteiger partial charge is 0.352 e. The SMILES string of the molecule is CCCCN1C(=S)NC(c2ccccn2)C1c1ccn(C(C)(C)C)c1. The zero-order valence-corrected chi connectivity index (χ0v) is 16.4. The van der Waals surface area contributed by atoms with E-state index in [4.69, 9.17) is 12.2 Å². The van der Waals surface area contributed by atoms with E-state index in [1.54, 1.807) is 0 Å². The number of hydrogen-bond acceptors (Lipinski definition) is 2. The fourth-order valence-corrected chi connectivity index (χ4v) is 3.68. The Balaban J connectivity index is 1.98. The molecule has 0 saturated carbocycles. The molecular weight excluding hydrogens is 328 g/mol. The molecule has 25 heavy (non-hydrogen) atoms. The summed E-state index contributed by atoms with van der Waals surface area (Å²) in [7, 11) is 0. The highest BCUT2D eigenvalue weighted by atomic mass is 32.1. The van der Waals surface area contributed by atoms with Crippen molar-refractivity contribution in [3.63, 3.8) is 0 Å². The molecule has 0 spiro atoms. The van der Waals surface area contributed by atoms with E-state index < -0.39 is 0 Å². The lowest BCUT2D eigenvalue weighted by atomic mass is 9.99. The predicted octanol–water partition coefficient (Wildman–Crippen LogP) is 4.41. The van der Waals surface area contributed by atoms with Crippen LogP contribution >= 0.6 is 12.2 Å². The summed E-state index contributed by atoms with van der Waals surface area (Å²) in [6.45, 7) is 9.85. The summed E-state index contributed by atoms with van der Waals surface area (Å²) < 4.78 is 2.27. The molecule has 0 aliphatic carbocycles. The minimum atomic E-state index is 0.0690. The van der Waals surface area contributed by atoms with E-state index in [0.717, 1.165) is 30.2 Å². The van der Waals surface area contributed by atoms with Crippen LogP contribution in [0, 0.1) is 0 Å². The lowest BCUT2D eigenvalue weighted by molar-refractivity contribution is 0.311. The summed E-state index contributed by atoms with van der Waals surface area (Å²) in [5.41, 5.74) is 2.39. The second kappa shape index (κ2) is 7.16. The number of nitrogens with zero attached hydrogens (tertiary/aromatic N) is 3. The van der Waals surface area contributed by atoms with Crippen LogP contribution in [0.2, 0.25) is 0 Å². The number of hydrogen-bond donors (Lipinski definition) is 1. The van der Waals surface area contributed by atoms with Gasteiger partial charge >= 0.3 is 0 Å². The third-order valence-electron chi connectivity index (χ3n) is 4.78. The second-order valence-electron chi connectivity index (χ2n) is 7.70. The van der Waals surface area contributed by atoms with Crippen molar-refractivity contribution >= 4 is 17.3 Å². The van der Waals surface area contributed by atoms with Gasteiger partial charge in [-0.1, -0.05) is 19.4 Å². The fraction of sp³-hybridized carbons (Fsp3) is 0.500. The molecule has 1 saturated heterocycles. The average Bonchev–Trinajstić information content (AvgIpc) is 3.18. The van der Waals surface area contributed by atoms with Crippen molar-refractivity contribution in [3.8, 4) is 0 Å². The van der Waals surface area contributed by atoms with E-state index in [9.17, 15) is 0 Å². The van der Waals surface area contributed by atoms with Crippen molar-refractivity contribution in [1.82, 2.24) is 19.8 Å². The summed E-state index contributed by atoms with van der Waals surface area (Å²) in [5, 5.41) is 4.34. The molecule has 1 N–H and O–H groups in total. The summed E-state index contributed by atoms with van der Waals surface area (Å²) in [4.78, 5) is 6.92. The Labute approximate surface area is 156 Å². The maximum absolute atomic E-state index is 5.67. The highest BCUT2D eigenvalue weighted by molar-refractivity contribution is 7.80. The van der Waals surface area contributed by atoms with Crippen molar-refractivity contribution in [2.24, 2.45) is 0 Å². The van der Waals surface area contributed by atoms with Gasteiger partial charge in [0, 0.05) is 30.7 Å². The first-order valence-electron chi connectivity index (χ1n) is 9.08. The van der Waals surface area contributed by atoms with Crippen LogP contribution in [-0.2, 0) is 5.54 Å². The Kier molecular flexibility index (Phi) is 5.13. The molecule has 1 aliphatic heterocycles. The lowest BCUT2D eigenvalue weighted by Gasteiger charge is -2.27. The van der Waals surface area contributed by atoms with Crippen molar-refractivity contribution in [2.75, 3.05) is 6.54 Å². The van der Waals surface area contributed by atoms with Crippen LogP contribution in [-0.4, -0.2) is 26.1 Å². The molecule has 2 unspecified atom stereocenters. The molecule has 1 fully saturated rings. The molecular formula is C20H28N4S. The summed E-state index contributed by atoms with van der Waals surface area (Å²) >= 11 is 5.67. The van der Waals surface area contributed by atoms with E-state index in [1.165, 1.54) is 5.56 Å². The lowest BCUT2D eigenvalue weighted by Crippen LogP contribution is -2.30. The molecule has 3 heterocycles. The van der Waals surface area contributed by atoms with Crippen LogP contribution in [0.3, 0.4) is 0 Å². The molecule has 0 bridgehead atoms. The maximum atomic E-state index is 5.67. The third-order valence-corrected chi connectivity index (χ3v) is 5.13. The molecule has 2 aromatic rings. The molecule has 3 rings (SSSR count). The number of rotatable bonds is 5. The first-order valence-corrected chi connectivity index (χ1v) is 9.49. The van der Waals surface area contributed by atoms with Gasteiger partial charge < -0.3 is 14.8 Å². The minimum Gasteiger partial charge on any atom is -0.352 e. The first-order chi connectivity index (χ1) is 11.9. The van der Waals surface area contributed by atoms with E-state index in [2.05, 4.69) is 72.0 Å². The van der Waals surface area contributed by atoms with Gasteiger partial charge in [-0.2, -0.15) is 0 Å². The summed E-state index contributed by atoms with van der Waals surface area (Å²) in [6.07, 6.45) is 8.57. The van der Waals surface area contributed by atoms with Gasteiger partial charge in [0.2, 0.25) is 0 Å². The summed E-state index contributed by atoms with van der Waals surface area (Å²) in [6, 6.07) is 8.56. The maximum Gasteiger partial charge on any atom is 0.170 e. The number of pyridine rings is 1. The normalized spacial score (nSPS) is 20.8. The van der Waals surface area contributed by atoms with Crippen molar-refractivity contribution < 1.29 is 0 Å². The van der Waals surface area contributed by atoms with Gasteiger partial charge in [-0.3, -0.25) is 4.98 Å². The van der Waals surface area contributed by atoms with Crippen LogP contribution < -0.4 is 5.32 Å². The molecule has 4 nitrogen and oxygen atoms in total. The quantitative estimate of drug-likeness (QED) is 0.805. The Morgan fingerprint density at radius 2 is 2.04 bits per heavy atom. The Hall–Kier alpha value is -1.88. The second-order valence-corrected chi connectivity index (χ2v) is 8.08. The monoisotopic (exact) mass is 356 g/mol. The summed E-state index contributed by atoms with van der Waals surface area (Å²) in [5.74, 6) is 0. The molecule has 134 valence electrons. The molecule has 5 heteroatoms. The highest BCUT2D eigenvalue weighted by Crippen LogP contribution is 2.39. The van der Waals surface area contributed by atoms with Gasteiger partial charge in [-0.25, -0.2) is 0 Å². The van der Waals surface area contributed by atoms with E-state index in [0.29, 0.717) is 0 Å². The zero-order chi connectivity index (χ0) is 18.0. The van der Waals surface area contributed by atoms with Crippen molar-refractivity contribution in [1.29, 1.82) is 0 Å². The minimum absolute atomic E-state index is 0.0690. The van der Waals surface area contributed by atoms with Gasteiger partial charge in [0.05, 0.1) is 17.8 Å². The van der Waals surface area contributed by atoms with E-state index in [1.807, 2.05) is 18.3 Å². The zero-order valence-electron chi connectivity index (χ0n) is 15.6. The molecule has 0 aromatic carbocycles. The van der Waals surface area contributed by atoms with Crippen molar-refractivity contribution in [2.45, 2.75) is 58.2 Å². The van der Waals surface area contributed by atoms with E-state index in [-0.39, 0.29) is 17.6 Å². The van der Waals surface area contributed by atoms with Gasteiger partial charge in [-0.05, 0) is 63.2 Å². The smallest absolute Gasteiger partial charge is 0.170 e. The van der Waals surface area contributed by atoms with Gasteiger partial charge in [0.25, 0.3) is 0 Å². The van der Waals surface area contributed by atoms with Crippen LogP contribution in [0.5, 0.6) is 0 Å². The van der Waals surface area contributed by atoms with Crippen LogP contribution in [0.1, 0.15) is 63.9 Å². The van der Waals surface area contributed by atoms with Crippen molar-refractivity contribution in [3.05, 3.63) is 54.1 Å². The molecule has 1 aliphatic rings. The average molecular weight is 357 g/mol.